The fourth-order valence-corrected chi connectivity index (χ4v) is 2.30. The highest BCUT2D eigenvalue weighted by Gasteiger charge is 2.23. The molecule has 0 amide bonds. The molecule has 0 bridgehead atoms. The quantitative estimate of drug-likeness (QED) is 0.628. The van der Waals surface area contributed by atoms with E-state index in [-0.39, 0.29) is 0 Å². The minimum Gasteiger partial charge on any atom is -0.493 e. The molecule has 18 heavy (non-hydrogen) atoms. The predicted octanol–water partition coefficient (Wildman–Crippen LogP) is 1.62. The van der Waals surface area contributed by atoms with Crippen LogP contribution in [0.5, 0.6) is 5.75 Å². The summed E-state index contributed by atoms with van der Waals surface area (Å²) in [5.41, 5.74) is 7.12. The molecule has 1 aliphatic carbocycles. The number of nitrogens with zero attached hydrogens (tertiary/aromatic N) is 1. The fourth-order valence-electron chi connectivity index (χ4n) is 2.30. The van der Waals surface area contributed by atoms with Crippen molar-refractivity contribution in [1.82, 2.24) is 5.32 Å². The van der Waals surface area contributed by atoms with E-state index >= 15 is 0 Å². The lowest BCUT2D eigenvalue weighted by molar-refractivity contribution is 0.269. The molecule has 1 saturated carbocycles. The molecule has 4 nitrogen and oxygen atoms in total. The number of ether oxygens (including phenoxy) is 1. The number of fused-ring (bicyclic) bond motifs is 1. The lowest BCUT2D eigenvalue weighted by atomic mass is 9.93. The molecule has 0 aromatic heterocycles. The Bertz CT molecular complexity index is 454. The maximum Gasteiger partial charge on any atom is 0.188 e. The lowest BCUT2D eigenvalue weighted by Gasteiger charge is -2.24. The third-order valence-electron chi connectivity index (χ3n) is 3.49. The molecule has 2 aliphatic rings. The third-order valence-corrected chi connectivity index (χ3v) is 3.49. The Balaban J connectivity index is 1.66. The zero-order chi connectivity index (χ0) is 12.4. The fraction of sp³-hybridized carbons (Fsp3) is 0.500. The summed E-state index contributed by atoms with van der Waals surface area (Å²) in [4.78, 5) is 4.45. The Morgan fingerprint density at radius 3 is 3.00 bits per heavy atom. The van der Waals surface area contributed by atoms with Crippen LogP contribution in [-0.4, -0.2) is 25.2 Å². The van der Waals surface area contributed by atoms with E-state index in [4.69, 9.17) is 10.5 Å². The minimum absolute atomic E-state index is 0.425. The first kappa shape index (κ1) is 11.4. The van der Waals surface area contributed by atoms with Crippen LogP contribution >= 0.6 is 0 Å². The molecular weight excluding hydrogens is 226 g/mol. The standard InChI is InChI=1S/C14H19N3O/c15-14(17-11-5-6-11)16-9-10-7-8-18-13-4-2-1-3-12(10)13/h1-4,10-11H,5-9H2,(H3,15,16,17). The van der Waals surface area contributed by atoms with E-state index in [1.807, 2.05) is 12.1 Å². The predicted molar refractivity (Wildman–Crippen MR) is 71.9 cm³/mol. The van der Waals surface area contributed by atoms with E-state index in [1.54, 1.807) is 0 Å². The van der Waals surface area contributed by atoms with Crippen LogP contribution in [0.2, 0.25) is 0 Å². The summed E-state index contributed by atoms with van der Waals surface area (Å²) in [6.07, 6.45) is 3.45. The van der Waals surface area contributed by atoms with Gasteiger partial charge in [-0.05, 0) is 30.9 Å². The highest BCUT2D eigenvalue weighted by Crippen LogP contribution is 2.33. The number of hydrogen-bond donors (Lipinski definition) is 2. The summed E-state index contributed by atoms with van der Waals surface area (Å²) < 4.78 is 5.64. The molecule has 0 saturated heterocycles. The van der Waals surface area contributed by atoms with Crippen molar-refractivity contribution >= 4 is 5.96 Å². The Hall–Kier alpha value is -1.71. The number of rotatable bonds is 3. The first-order chi connectivity index (χ1) is 8.83. The van der Waals surface area contributed by atoms with Gasteiger partial charge in [0.2, 0.25) is 0 Å². The molecule has 0 radical (unpaired) electrons. The maximum absolute atomic E-state index is 5.86. The van der Waals surface area contributed by atoms with Gasteiger partial charge in [0.1, 0.15) is 5.75 Å². The molecule has 3 N–H and O–H groups in total. The Morgan fingerprint density at radius 2 is 2.17 bits per heavy atom. The van der Waals surface area contributed by atoms with Crippen LogP contribution in [0.4, 0.5) is 0 Å². The molecule has 1 heterocycles. The zero-order valence-corrected chi connectivity index (χ0v) is 10.4. The van der Waals surface area contributed by atoms with E-state index in [0.717, 1.165) is 25.3 Å². The van der Waals surface area contributed by atoms with Gasteiger partial charge in [-0.2, -0.15) is 0 Å². The van der Waals surface area contributed by atoms with E-state index in [1.165, 1.54) is 18.4 Å². The summed E-state index contributed by atoms with van der Waals surface area (Å²) in [5.74, 6) is 2.01. The van der Waals surface area contributed by atoms with E-state index in [9.17, 15) is 0 Å². The smallest absolute Gasteiger partial charge is 0.188 e. The number of guanidine groups is 1. The van der Waals surface area contributed by atoms with Gasteiger partial charge in [0.05, 0.1) is 6.61 Å². The summed E-state index contributed by atoms with van der Waals surface area (Å²) in [6.45, 7) is 1.51. The molecule has 96 valence electrons. The molecule has 3 rings (SSSR count). The van der Waals surface area contributed by atoms with Crippen LogP contribution in [0.1, 0.15) is 30.7 Å². The molecule has 1 atom stereocenters. The van der Waals surface area contributed by atoms with Crippen molar-refractivity contribution in [2.45, 2.75) is 31.2 Å². The minimum atomic E-state index is 0.425. The second-order valence-electron chi connectivity index (χ2n) is 5.02. The Kier molecular flexibility index (Phi) is 3.09. The van der Waals surface area contributed by atoms with Crippen LogP contribution in [0, 0.1) is 0 Å². The SMILES string of the molecule is NC(=NCC1CCOc2ccccc21)NC1CC1. The maximum atomic E-state index is 5.86. The summed E-state index contributed by atoms with van der Waals surface area (Å²) in [6, 6.07) is 8.77. The Morgan fingerprint density at radius 1 is 1.33 bits per heavy atom. The van der Waals surface area contributed by atoms with Gasteiger partial charge < -0.3 is 15.8 Å². The van der Waals surface area contributed by atoms with Crippen molar-refractivity contribution in [3.8, 4) is 5.75 Å². The second-order valence-corrected chi connectivity index (χ2v) is 5.02. The van der Waals surface area contributed by atoms with Crippen LogP contribution < -0.4 is 15.8 Å². The number of benzene rings is 1. The molecule has 1 aliphatic heterocycles. The Labute approximate surface area is 107 Å². The zero-order valence-electron chi connectivity index (χ0n) is 10.4. The third kappa shape index (κ3) is 2.58. The summed E-state index contributed by atoms with van der Waals surface area (Å²) >= 11 is 0. The lowest BCUT2D eigenvalue weighted by Crippen LogP contribution is -2.34. The number of nitrogens with two attached hydrogens (primary N) is 1. The van der Waals surface area contributed by atoms with Gasteiger partial charge >= 0.3 is 0 Å². The van der Waals surface area contributed by atoms with Crippen LogP contribution in [0.15, 0.2) is 29.3 Å². The van der Waals surface area contributed by atoms with Crippen molar-refractivity contribution in [1.29, 1.82) is 0 Å². The molecule has 4 heteroatoms. The van der Waals surface area contributed by atoms with Crippen LogP contribution in [0.3, 0.4) is 0 Å². The van der Waals surface area contributed by atoms with Crippen LogP contribution in [-0.2, 0) is 0 Å². The number of aliphatic imine (C=N–C) groups is 1. The van der Waals surface area contributed by atoms with Crippen LogP contribution in [0.25, 0.3) is 0 Å². The second kappa shape index (κ2) is 4.88. The van der Waals surface area contributed by atoms with Crippen molar-refractivity contribution in [2.24, 2.45) is 10.7 Å². The van der Waals surface area contributed by atoms with Crippen molar-refractivity contribution in [3.63, 3.8) is 0 Å². The molecular formula is C14H19N3O. The van der Waals surface area contributed by atoms with Gasteiger partial charge in [-0.15, -0.1) is 0 Å². The molecule has 1 unspecified atom stereocenters. The van der Waals surface area contributed by atoms with Gasteiger partial charge in [-0.25, -0.2) is 0 Å². The summed E-state index contributed by atoms with van der Waals surface area (Å²) in [7, 11) is 0. The first-order valence-electron chi connectivity index (χ1n) is 6.61. The van der Waals surface area contributed by atoms with Gasteiger partial charge in [-0.3, -0.25) is 4.99 Å². The van der Waals surface area contributed by atoms with Gasteiger partial charge in [0, 0.05) is 18.5 Å². The number of nitrogens with one attached hydrogen (secondary N) is 1. The number of para-hydroxylation sites is 1. The first-order valence-corrected chi connectivity index (χ1v) is 6.61. The largest absolute Gasteiger partial charge is 0.493 e. The van der Waals surface area contributed by atoms with Gasteiger partial charge in [-0.1, -0.05) is 18.2 Å². The van der Waals surface area contributed by atoms with E-state index in [0.29, 0.717) is 17.9 Å². The summed E-state index contributed by atoms with van der Waals surface area (Å²) in [5, 5.41) is 3.21. The molecule has 1 aromatic rings. The highest BCUT2D eigenvalue weighted by molar-refractivity contribution is 5.78. The highest BCUT2D eigenvalue weighted by atomic mass is 16.5. The van der Waals surface area contributed by atoms with E-state index in [2.05, 4.69) is 22.4 Å². The topological polar surface area (TPSA) is 59.6 Å². The molecule has 0 spiro atoms. The number of hydrogen-bond acceptors (Lipinski definition) is 2. The molecule has 1 fully saturated rings. The van der Waals surface area contributed by atoms with Gasteiger partial charge in [0.25, 0.3) is 0 Å². The van der Waals surface area contributed by atoms with Crippen molar-refractivity contribution in [3.05, 3.63) is 29.8 Å². The normalized spacial score (nSPS) is 23.1. The van der Waals surface area contributed by atoms with Crippen molar-refractivity contribution in [2.75, 3.05) is 13.2 Å². The van der Waals surface area contributed by atoms with E-state index < -0.39 is 0 Å². The monoisotopic (exact) mass is 245 g/mol. The average Bonchev–Trinajstić information content (AvgIpc) is 3.20. The molecule has 1 aromatic carbocycles. The van der Waals surface area contributed by atoms with Crippen molar-refractivity contribution < 1.29 is 4.74 Å². The average molecular weight is 245 g/mol. The van der Waals surface area contributed by atoms with Gasteiger partial charge in [0.15, 0.2) is 5.96 Å².